The maximum atomic E-state index is 5.82. The highest BCUT2D eigenvalue weighted by molar-refractivity contribution is 5.63. The van der Waals surface area contributed by atoms with Crippen molar-refractivity contribution < 1.29 is 13.9 Å². The standard InChI is InChI=1S/C14H15NO3/c1-9(15-2)11-5-6-12(18-11)10-3-4-13-14(7-10)17-8-16-13/h3-7,9,15H,8H2,1-2H3. The van der Waals surface area contributed by atoms with Gasteiger partial charge in [-0.2, -0.15) is 0 Å². The summed E-state index contributed by atoms with van der Waals surface area (Å²) in [6.45, 7) is 2.35. The van der Waals surface area contributed by atoms with Gasteiger partial charge in [0.05, 0.1) is 6.04 Å². The van der Waals surface area contributed by atoms with Gasteiger partial charge < -0.3 is 19.2 Å². The normalized spacial score (nSPS) is 14.8. The molecule has 0 saturated heterocycles. The molecule has 1 unspecified atom stereocenters. The summed E-state index contributed by atoms with van der Waals surface area (Å²) >= 11 is 0. The molecule has 18 heavy (non-hydrogen) atoms. The van der Waals surface area contributed by atoms with Crippen molar-refractivity contribution in [1.29, 1.82) is 0 Å². The van der Waals surface area contributed by atoms with Crippen LogP contribution in [0, 0.1) is 0 Å². The van der Waals surface area contributed by atoms with Gasteiger partial charge in [0.15, 0.2) is 11.5 Å². The van der Waals surface area contributed by atoms with E-state index in [1.807, 2.05) is 37.4 Å². The van der Waals surface area contributed by atoms with E-state index in [-0.39, 0.29) is 6.04 Å². The molecule has 1 aliphatic rings. The first-order valence-electron chi connectivity index (χ1n) is 5.95. The maximum absolute atomic E-state index is 5.82. The Hall–Kier alpha value is -1.94. The lowest BCUT2D eigenvalue weighted by molar-refractivity contribution is 0.174. The van der Waals surface area contributed by atoms with Gasteiger partial charge in [0.2, 0.25) is 6.79 Å². The maximum Gasteiger partial charge on any atom is 0.231 e. The van der Waals surface area contributed by atoms with Crippen molar-refractivity contribution in [2.75, 3.05) is 13.8 Å². The van der Waals surface area contributed by atoms with E-state index >= 15 is 0 Å². The third-order valence-electron chi connectivity index (χ3n) is 3.14. The lowest BCUT2D eigenvalue weighted by Gasteiger charge is -2.05. The van der Waals surface area contributed by atoms with Crippen molar-refractivity contribution in [3.63, 3.8) is 0 Å². The highest BCUT2D eigenvalue weighted by Crippen LogP contribution is 2.36. The fourth-order valence-electron chi connectivity index (χ4n) is 1.93. The first kappa shape index (κ1) is 11.2. The van der Waals surface area contributed by atoms with Crippen molar-refractivity contribution >= 4 is 0 Å². The number of furan rings is 1. The van der Waals surface area contributed by atoms with Crippen molar-refractivity contribution in [3.05, 3.63) is 36.1 Å². The molecule has 0 fully saturated rings. The minimum atomic E-state index is 0.202. The Bertz CT molecular complexity index is 562. The number of hydrogen-bond acceptors (Lipinski definition) is 4. The highest BCUT2D eigenvalue weighted by Gasteiger charge is 2.16. The molecule has 2 aromatic rings. The predicted octanol–water partition coefficient (Wildman–Crippen LogP) is 2.96. The van der Waals surface area contributed by atoms with Crippen LogP contribution in [0.1, 0.15) is 18.7 Å². The number of ether oxygens (including phenoxy) is 2. The molecule has 3 rings (SSSR count). The number of benzene rings is 1. The van der Waals surface area contributed by atoms with Gasteiger partial charge in [-0.1, -0.05) is 0 Å². The third-order valence-corrected chi connectivity index (χ3v) is 3.14. The van der Waals surface area contributed by atoms with E-state index in [1.54, 1.807) is 0 Å². The van der Waals surface area contributed by atoms with Gasteiger partial charge in [0, 0.05) is 5.56 Å². The second-order valence-corrected chi connectivity index (χ2v) is 4.28. The van der Waals surface area contributed by atoms with E-state index in [4.69, 9.17) is 13.9 Å². The Kier molecular flexibility index (Phi) is 2.72. The van der Waals surface area contributed by atoms with Gasteiger partial charge >= 0.3 is 0 Å². The summed E-state index contributed by atoms with van der Waals surface area (Å²) in [7, 11) is 1.91. The Balaban J connectivity index is 1.92. The molecule has 1 atom stereocenters. The number of rotatable bonds is 3. The molecule has 1 aromatic carbocycles. The van der Waals surface area contributed by atoms with Crippen LogP contribution in [0.5, 0.6) is 11.5 Å². The molecular formula is C14H15NO3. The fraction of sp³-hybridized carbons (Fsp3) is 0.286. The summed E-state index contributed by atoms with van der Waals surface area (Å²) in [5.74, 6) is 3.32. The van der Waals surface area contributed by atoms with Gasteiger partial charge in [0.1, 0.15) is 11.5 Å². The number of hydrogen-bond donors (Lipinski definition) is 1. The van der Waals surface area contributed by atoms with Crippen LogP contribution in [-0.2, 0) is 0 Å². The zero-order valence-corrected chi connectivity index (χ0v) is 10.4. The van der Waals surface area contributed by atoms with Gasteiger partial charge in [-0.15, -0.1) is 0 Å². The topological polar surface area (TPSA) is 43.6 Å². The number of nitrogens with one attached hydrogen (secondary N) is 1. The van der Waals surface area contributed by atoms with E-state index in [1.165, 1.54) is 0 Å². The summed E-state index contributed by atoms with van der Waals surface area (Å²) in [6.07, 6.45) is 0. The fourth-order valence-corrected chi connectivity index (χ4v) is 1.93. The van der Waals surface area contributed by atoms with Crippen LogP contribution < -0.4 is 14.8 Å². The average molecular weight is 245 g/mol. The highest BCUT2D eigenvalue weighted by atomic mass is 16.7. The molecule has 0 amide bonds. The largest absolute Gasteiger partial charge is 0.459 e. The molecule has 1 N–H and O–H groups in total. The monoisotopic (exact) mass is 245 g/mol. The lowest BCUT2D eigenvalue weighted by atomic mass is 10.1. The van der Waals surface area contributed by atoms with E-state index in [0.717, 1.165) is 28.6 Å². The molecule has 2 heterocycles. The number of fused-ring (bicyclic) bond motifs is 1. The van der Waals surface area contributed by atoms with Crippen LogP contribution in [0.15, 0.2) is 34.7 Å². The van der Waals surface area contributed by atoms with E-state index in [9.17, 15) is 0 Å². The molecule has 4 heteroatoms. The van der Waals surface area contributed by atoms with Gasteiger partial charge in [0.25, 0.3) is 0 Å². The Morgan fingerprint density at radius 1 is 1.11 bits per heavy atom. The van der Waals surface area contributed by atoms with Crippen LogP contribution in [0.25, 0.3) is 11.3 Å². The minimum absolute atomic E-state index is 0.202. The van der Waals surface area contributed by atoms with Gasteiger partial charge in [-0.05, 0) is 44.3 Å². The first-order valence-corrected chi connectivity index (χ1v) is 5.95. The molecule has 94 valence electrons. The van der Waals surface area contributed by atoms with Crippen LogP contribution in [-0.4, -0.2) is 13.8 Å². The molecule has 4 nitrogen and oxygen atoms in total. The van der Waals surface area contributed by atoms with Crippen molar-refractivity contribution in [2.24, 2.45) is 0 Å². The zero-order chi connectivity index (χ0) is 12.5. The van der Waals surface area contributed by atoms with Crippen molar-refractivity contribution in [3.8, 4) is 22.8 Å². The summed E-state index contributed by atoms with van der Waals surface area (Å²) < 4.78 is 16.5. The SMILES string of the molecule is CNC(C)c1ccc(-c2ccc3c(c2)OCO3)o1. The Morgan fingerprint density at radius 2 is 1.94 bits per heavy atom. The minimum Gasteiger partial charge on any atom is -0.459 e. The predicted molar refractivity (Wildman–Crippen MR) is 67.7 cm³/mol. The smallest absolute Gasteiger partial charge is 0.231 e. The van der Waals surface area contributed by atoms with Crippen LogP contribution in [0.4, 0.5) is 0 Å². The van der Waals surface area contributed by atoms with E-state index in [0.29, 0.717) is 6.79 Å². The lowest BCUT2D eigenvalue weighted by Crippen LogP contribution is -2.10. The summed E-state index contributed by atoms with van der Waals surface area (Å²) in [6, 6.07) is 9.98. The zero-order valence-electron chi connectivity index (χ0n) is 10.4. The molecule has 0 saturated carbocycles. The van der Waals surface area contributed by atoms with Crippen LogP contribution >= 0.6 is 0 Å². The molecule has 1 aromatic heterocycles. The van der Waals surface area contributed by atoms with Crippen molar-refractivity contribution in [1.82, 2.24) is 5.32 Å². The summed E-state index contributed by atoms with van der Waals surface area (Å²) in [4.78, 5) is 0. The van der Waals surface area contributed by atoms with Gasteiger partial charge in [-0.3, -0.25) is 0 Å². The molecule has 0 bridgehead atoms. The molecule has 0 aliphatic carbocycles. The van der Waals surface area contributed by atoms with Gasteiger partial charge in [-0.25, -0.2) is 0 Å². The first-order chi connectivity index (χ1) is 8.78. The second-order valence-electron chi connectivity index (χ2n) is 4.28. The molecule has 1 aliphatic heterocycles. The summed E-state index contributed by atoms with van der Waals surface area (Å²) in [5, 5.41) is 3.15. The van der Waals surface area contributed by atoms with E-state index in [2.05, 4.69) is 12.2 Å². The quantitative estimate of drug-likeness (QED) is 0.902. The van der Waals surface area contributed by atoms with Crippen molar-refractivity contribution in [2.45, 2.75) is 13.0 Å². The molecule has 0 radical (unpaired) electrons. The molecular weight excluding hydrogens is 230 g/mol. The summed E-state index contributed by atoms with van der Waals surface area (Å²) in [5.41, 5.74) is 0.994. The van der Waals surface area contributed by atoms with Crippen LogP contribution in [0.2, 0.25) is 0 Å². The average Bonchev–Trinajstić information content (AvgIpc) is 3.05. The second kappa shape index (κ2) is 4.38. The third kappa shape index (κ3) is 1.84. The molecule has 0 spiro atoms. The van der Waals surface area contributed by atoms with E-state index < -0.39 is 0 Å². The Labute approximate surface area is 106 Å². The Morgan fingerprint density at radius 3 is 2.78 bits per heavy atom. The van der Waals surface area contributed by atoms with Crippen LogP contribution in [0.3, 0.4) is 0 Å².